The van der Waals surface area contributed by atoms with Crippen LogP contribution < -0.4 is 5.32 Å². The third-order valence-electron chi connectivity index (χ3n) is 1.64. The van der Waals surface area contributed by atoms with E-state index in [0.717, 1.165) is 10.6 Å². The first-order valence-corrected chi connectivity index (χ1v) is 6.13. The van der Waals surface area contributed by atoms with Gasteiger partial charge in [0.25, 0.3) is 0 Å². The van der Waals surface area contributed by atoms with Crippen molar-refractivity contribution in [2.75, 3.05) is 5.75 Å². The zero-order valence-corrected chi connectivity index (χ0v) is 10.7. The van der Waals surface area contributed by atoms with Crippen molar-refractivity contribution in [3.05, 3.63) is 12.7 Å². The maximum atomic E-state index is 10.8. The number of hydrogen-bond donors (Lipinski definition) is 2. The molecule has 1 amide bonds. The first-order chi connectivity index (χ1) is 7.47. The zero-order valence-electron chi connectivity index (χ0n) is 9.06. The molecule has 1 unspecified atom stereocenters. The van der Waals surface area contributed by atoms with Crippen molar-refractivity contribution in [2.45, 2.75) is 25.8 Å². The Morgan fingerprint density at radius 3 is 2.69 bits per heavy atom. The number of thiocarbonyl (C=S) groups is 1. The Bertz CT molecular complexity index is 292. The molecule has 0 aromatic rings. The molecule has 0 aliphatic rings. The van der Waals surface area contributed by atoms with Gasteiger partial charge < -0.3 is 10.4 Å². The lowest BCUT2D eigenvalue weighted by Gasteiger charge is -2.12. The van der Waals surface area contributed by atoms with Crippen molar-refractivity contribution in [3.8, 4) is 0 Å². The third-order valence-corrected chi connectivity index (χ3v) is 3.22. The summed E-state index contributed by atoms with van der Waals surface area (Å²) in [7, 11) is 0. The van der Waals surface area contributed by atoms with Gasteiger partial charge in [-0.3, -0.25) is 4.79 Å². The van der Waals surface area contributed by atoms with Crippen molar-refractivity contribution in [2.24, 2.45) is 0 Å². The normalized spacial score (nSPS) is 11.6. The summed E-state index contributed by atoms with van der Waals surface area (Å²) in [5.41, 5.74) is 0. The van der Waals surface area contributed by atoms with Crippen LogP contribution in [0.1, 0.15) is 19.8 Å². The maximum absolute atomic E-state index is 10.8. The summed E-state index contributed by atoms with van der Waals surface area (Å²) in [6.45, 7) is 4.86. The van der Waals surface area contributed by atoms with Crippen LogP contribution in [0, 0.1) is 0 Å². The Kier molecular flexibility index (Phi) is 7.84. The molecule has 90 valence electrons. The monoisotopic (exact) mass is 261 g/mol. The molecule has 0 aliphatic carbocycles. The molecule has 0 radical (unpaired) electrons. The van der Waals surface area contributed by atoms with E-state index in [2.05, 4.69) is 11.9 Å². The van der Waals surface area contributed by atoms with Gasteiger partial charge in [0.05, 0.1) is 0 Å². The molecular formula is C10H15NO3S2. The Balaban J connectivity index is 4.01. The van der Waals surface area contributed by atoms with Gasteiger partial charge in [-0.1, -0.05) is 18.3 Å². The van der Waals surface area contributed by atoms with Crippen LogP contribution in [0.15, 0.2) is 12.7 Å². The molecule has 0 saturated heterocycles. The van der Waals surface area contributed by atoms with E-state index < -0.39 is 12.0 Å². The van der Waals surface area contributed by atoms with Crippen molar-refractivity contribution in [3.63, 3.8) is 0 Å². The van der Waals surface area contributed by atoms with Gasteiger partial charge in [-0.25, -0.2) is 4.79 Å². The van der Waals surface area contributed by atoms with E-state index >= 15 is 0 Å². The number of allylic oxidation sites excluding steroid dienone is 1. The van der Waals surface area contributed by atoms with Crippen LogP contribution in [0.5, 0.6) is 0 Å². The molecule has 0 bridgehead atoms. The molecular weight excluding hydrogens is 246 g/mol. The second-order valence-electron chi connectivity index (χ2n) is 3.10. The highest BCUT2D eigenvalue weighted by molar-refractivity contribution is 8.23. The van der Waals surface area contributed by atoms with Crippen LogP contribution in [0.3, 0.4) is 0 Å². The summed E-state index contributed by atoms with van der Waals surface area (Å²) < 4.78 is 0.733. The molecule has 16 heavy (non-hydrogen) atoms. The topological polar surface area (TPSA) is 66.4 Å². The van der Waals surface area contributed by atoms with Crippen LogP contribution in [0.2, 0.25) is 0 Å². The number of rotatable bonds is 7. The second kappa shape index (κ2) is 8.29. The minimum absolute atomic E-state index is 0.255. The molecule has 6 heteroatoms. The number of carbonyl (C=O) groups is 2. The van der Waals surface area contributed by atoms with Gasteiger partial charge in [0, 0.05) is 16.9 Å². The highest BCUT2D eigenvalue weighted by Crippen LogP contribution is 2.12. The summed E-state index contributed by atoms with van der Waals surface area (Å²) in [5.74, 6) is -1.15. The fourth-order valence-electron chi connectivity index (χ4n) is 0.888. The molecule has 0 aliphatic heterocycles. The Labute approximate surface area is 104 Å². The van der Waals surface area contributed by atoms with Crippen LogP contribution in [0.25, 0.3) is 0 Å². The Morgan fingerprint density at radius 1 is 1.62 bits per heavy atom. The smallest absolute Gasteiger partial charge is 0.327 e. The maximum Gasteiger partial charge on any atom is 0.327 e. The molecule has 0 heterocycles. The first kappa shape index (κ1) is 15.1. The van der Waals surface area contributed by atoms with E-state index in [9.17, 15) is 9.59 Å². The average molecular weight is 261 g/mol. The zero-order chi connectivity index (χ0) is 12.6. The Hall–Kier alpha value is -0.880. The lowest BCUT2D eigenvalue weighted by atomic mass is 10.3. The van der Waals surface area contributed by atoms with E-state index in [4.69, 9.17) is 17.3 Å². The van der Waals surface area contributed by atoms with Crippen LogP contribution in [0.4, 0.5) is 0 Å². The second-order valence-corrected chi connectivity index (χ2v) is 4.97. The number of carbonyl (C=O) groups excluding carboxylic acids is 1. The lowest BCUT2D eigenvalue weighted by Crippen LogP contribution is -2.41. The number of nitrogens with one attached hydrogen (secondary N) is 1. The van der Waals surface area contributed by atoms with Gasteiger partial charge in [0.1, 0.15) is 6.04 Å². The molecule has 0 spiro atoms. The molecule has 0 rings (SSSR count). The van der Waals surface area contributed by atoms with Crippen LogP contribution in [-0.2, 0) is 9.59 Å². The Morgan fingerprint density at radius 2 is 2.25 bits per heavy atom. The summed E-state index contributed by atoms with van der Waals surface area (Å²) in [5, 5.41) is 11.2. The van der Waals surface area contributed by atoms with Gasteiger partial charge in [0.15, 0.2) is 0 Å². The minimum atomic E-state index is -1.05. The van der Waals surface area contributed by atoms with Gasteiger partial charge >= 0.3 is 5.97 Å². The predicted octanol–water partition coefficient (Wildman–Crippen LogP) is 1.60. The number of carboxylic acids is 1. The summed E-state index contributed by atoms with van der Waals surface area (Å²) in [4.78, 5) is 21.5. The molecule has 1 atom stereocenters. The fraction of sp³-hybridized carbons (Fsp3) is 0.500. The van der Waals surface area contributed by atoms with Crippen LogP contribution >= 0.6 is 24.0 Å². The van der Waals surface area contributed by atoms with Crippen molar-refractivity contribution in [1.29, 1.82) is 0 Å². The van der Waals surface area contributed by atoms with E-state index in [0.29, 0.717) is 6.42 Å². The molecule has 0 saturated carbocycles. The fourth-order valence-corrected chi connectivity index (χ4v) is 2.05. The predicted molar refractivity (Wildman–Crippen MR) is 69.7 cm³/mol. The van der Waals surface area contributed by atoms with Gasteiger partial charge in [-0.05, 0) is 12.8 Å². The van der Waals surface area contributed by atoms with Gasteiger partial charge in [-0.15, -0.1) is 18.3 Å². The number of aliphatic carboxylic acids is 1. The highest BCUT2D eigenvalue weighted by atomic mass is 32.2. The molecule has 0 aromatic carbocycles. The molecule has 2 N–H and O–H groups in total. The summed E-state index contributed by atoms with van der Waals surface area (Å²) in [6.07, 6.45) is 3.25. The number of hydrogen-bond acceptors (Lipinski definition) is 4. The van der Waals surface area contributed by atoms with Gasteiger partial charge in [0.2, 0.25) is 5.91 Å². The quantitative estimate of drug-likeness (QED) is 0.538. The van der Waals surface area contributed by atoms with Gasteiger partial charge in [-0.2, -0.15) is 0 Å². The van der Waals surface area contributed by atoms with E-state index in [1.807, 2.05) is 0 Å². The van der Waals surface area contributed by atoms with E-state index in [1.54, 1.807) is 6.08 Å². The van der Waals surface area contributed by atoms with E-state index in [-0.39, 0.29) is 11.7 Å². The van der Waals surface area contributed by atoms with Crippen molar-refractivity contribution in [1.82, 2.24) is 5.32 Å². The van der Waals surface area contributed by atoms with Crippen molar-refractivity contribution < 1.29 is 14.7 Å². The minimum Gasteiger partial charge on any atom is -0.480 e. The van der Waals surface area contributed by atoms with Crippen LogP contribution in [-0.4, -0.2) is 33.0 Å². The van der Waals surface area contributed by atoms with E-state index in [1.165, 1.54) is 18.7 Å². The summed E-state index contributed by atoms with van der Waals surface area (Å²) >= 11 is 6.33. The average Bonchev–Trinajstić information content (AvgIpc) is 2.20. The third kappa shape index (κ3) is 7.42. The molecule has 0 aromatic heterocycles. The number of thioether (sulfide) groups is 1. The summed E-state index contributed by atoms with van der Waals surface area (Å²) in [6, 6.07) is -0.885. The van der Waals surface area contributed by atoms with Crippen molar-refractivity contribution >= 4 is 40.1 Å². The number of amides is 1. The standard InChI is InChI=1S/C10H15NO3S2/c1-3-4-5-9(15)16-6-8(10(13)14)11-7(2)12/h3,8H,1,4-6H2,2H3,(H,11,12)(H,13,14). The SMILES string of the molecule is C=CCCC(=S)SCC(NC(C)=O)C(=O)O. The molecule has 4 nitrogen and oxygen atoms in total. The largest absolute Gasteiger partial charge is 0.480 e. The lowest BCUT2D eigenvalue weighted by molar-refractivity contribution is -0.140. The first-order valence-electron chi connectivity index (χ1n) is 4.73. The number of carboxylic acid groups (broad SMARTS) is 1. The molecule has 0 fully saturated rings. The highest BCUT2D eigenvalue weighted by Gasteiger charge is 2.18.